The number of aliphatic carboxylic acids is 1. The molecule has 0 bridgehead atoms. The molecule has 17 heteroatoms. The van der Waals surface area contributed by atoms with E-state index in [9.17, 15) is 29.5 Å². The minimum atomic E-state index is -1.45. The number of aliphatic hydroxyl groups is 1. The normalized spacial score (nSPS) is 28.4. The van der Waals surface area contributed by atoms with Crippen LogP contribution in [0.25, 0.3) is 0 Å². The summed E-state index contributed by atoms with van der Waals surface area (Å²) in [5, 5.41) is 32.1. The first kappa shape index (κ1) is 29.4. The molecule has 1 aromatic heterocycles. The molecule has 7 N–H and O–H groups in total. The summed E-state index contributed by atoms with van der Waals surface area (Å²) in [6, 6.07) is -1.85. The second-order valence-corrected chi connectivity index (χ2v) is 12.3. The van der Waals surface area contributed by atoms with Gasteiger partial charge in [-0.1, -0.05) is 0 Å². The van der Waals surface area contributed by atoms with Gasteiger partial charge in [-0.25, -0.2) is 9.78 Å². The Bertz CT molecular complexity index is 1270. The molecule has 6 atom stereocenters. The van der Waals surface area contributed by atoms with E-state index in [0.717, 1.165) is 23.5 Å². The van der Waals surface area contributed by atoms with Gasteiger partial charge < -0.3 is 41.1 Å². The van der Waals surface area contributed by atoms with Gasteiger partial charge in [-0.2, -0.15) is 4.37 Å². The molecule has 1 aromatic rings. The van der Waals surface area contributed by atoms with Gasteiger partial charge in [-0.3, -0.25) is 9.59 Å². The molecule has 5 heterocycles. The molecule has 41 heavy (non-hydrogen) atoms. The highest BCUT2D eigenvalue weighted by molar-refractivity contribution is 7.99. The molecule has 3 saturated heterocycles. The standard InChI is InChI=1S/C24H33N9O6S2/c1-26-6-4-16(34)14-9-13(10-27-14)32-7-5-12(22(32)36)8-11-2-3-15-21(41-33(15)18(11)23(37)38)29-20(35)17(30-39)19-28-24(25)40-31-19/h8,13-17,21,26-27,34H,2-7,9-10H2,1H3,(H,29,35)(H,37,38)(H2,25,28,31). The van der Waals surface area contributed by atoms with Gasteiger partial charge in [0.1, 0.15) is 11.1 Å². The summed E-state index contributed by atoms with van der Waals surface area (Å²) in [4.78, 5) is 55.3. The number of carbonyl (C=O) groups is 3. The highest BCUT2D eigenvalue weighted by atomic mass is 32.2. The molecule has 15 nitrogen and oxygen atoms in total. The van der Waals surface area contributed by atoms with Gasteiger partial charge in [0.2, 0.25) is 11.9 Å². The number of anilines is 1. The number of nitrogen functional groups attached to an aromatic ring is 1. The van der Waals surface area contributed by atoms with Crippen molar-refractivity contribution >= 4 is 46.4 Å². The van der Waals surface area contributed by atoms with Gasteiger partial charge >= 0.3 is 5.97 Å². The first-order valence-corrected chi connectivity index (χ1v) is 15.0. The molecule has 222 valence electrons. The maximum atomic E-state index is 13.3. The third-order valence-corrected chi connectivity index (χ3v) is 9.79. The van der Waals surface area contributed by atoms with Crippen molar-refractivity contribution in [2.24, 2.45) is 5.18 Å². The number of hydrogen-bond donors (Lipinski definition) is 6. The van der Waals surface area contributed by atoms with Gasteiger partial charge in [-0.05, 0) is 74.5 Å². The first-order valence-electron chi connectivity index (χ1n) is 13.4. The molecule has 4 aliphatic rings. The summed E-state index contributed by atoms with van der Waals surface area (Å²) in [5.74, 6) is -1.98. The number of aliphatic hydroxyl groups excluding tert-OH is 1. The molecule has 6 unspecified atom stereocenters. The number of aromatic nitrogens is 2. The zero-order valence-electron chi connectivity index (χ0n) is 22.4. The van der Waals surface area contributed by atoms with E-state index in [0.29, 0.717) is 62.9 Å². The van der Waals surface area contributed by atoms with Crippen molar-refractivity contribution in [1.29, 1.82) is 0 Å². The van der Waals surface area contributed by atoms with Crippen LogP contribution in [0.3, 0.4) is 0 Å². The van der Waals surface area contributed by atoms with Crippen LogP contribution in [-0.4, -0.2) is 103 Å². The molecule has 4 aliphatic heterocycles. The second-order valence-electron chi connectivity index (χ2n) is 10.4. The van der Waals surface area contributed by atoms with Crippen LogP contribution in [0.1, 0.15) is 44.0 Å². The summed E-state index contributed by atoms with van der Waals surface area (Å²) < 4.78 is 5.53. The molecule has 3 fully saturated rings. The zero-order valence-corrected chi connectivity index (χ0v) is 24.0. The van der Waals surface area contributed by atoms with Crippen LogP contribution in [0.5, 0.6) is 0 Å². The number of carboxylic acid groups (broad SMARTS) is 1. The Kier molecular flexibility index (Phi) is 8.88. The van der Waals surface area contributed by atoms with Gasteiger partial charge in [0, 0.05) is 42.3 Å². The fourth-order valence-corrected chi connectivity index (χ4v) is 7.53. The van der Waals surface area contributed by atoms with Crippen LogP contribution in [0.15, 0.2) is 28.1 Å². The van der Waals surface area contributed by atoms with Crippen molar-refractivity contribution in [3.05, 3.63) is 33.7 Å². The van der Waals surface area contributed by atoms with Crippen LogP contribution in [-0.2, 0) is 14.4 Å². The number of fused-ring (bicyclic) bond motifs is 1. The van der Waals surface area contributed by atoms with Crippen LogP contribution < -0.4 is 21.7 Å². The predicted molar refractivity (Wildman–Crippen MR) is 151 cm³/mol. The monoisotopic (exact) mass is 607 g/mol. The van der Waals surface area contributed by atoms with Gasteiger partial charge in [0.05, 0.1) is 12.1 Å². The first-order chi connectivity index (χ1) is 19.7. The lowest BCUT2D eigenvalue weighted by atomic mass is 9.95. The Morgan fingerprint density at radius 2 is 2.17 bits per heavy atom. The lowest BCUT2D eigenvalue weighted by Gasteiger charge is -2.50. The molecular formula is C24H33N9O6S2. The van der Waals surface area contributed by atoms with E-state index in [-0.39, 0.29) is 40.7 Å². The zero-order chi connectivity index (χ0) is 29.3. The third kappa shape index (κ3) is 5.94. The quantitative estimate of drug-likeness (QED) is 0.108. The topological polar surface area (TPSA) is 215 Å². The van der Waals surface area contributed by atoms with Gasteiger partial charge in [0.15, 0.2) is 11.0 Å². The van der Waals surface area contributed by atoms with E-state index in [1.54, 1.807) is 10.4 Å². The summed E-state index contributed by atoms with van der Waals surface area (Å²) >= 11 is 1.99. The fraction of sp³-hybridized carbons (Fsp3) is 0.625. The number of amides is 2. The number of carbonyl (C=O) groups excluding carboxylic acids is 2. The highest BCUT2D eigenvalue weighted by Gasteiger charge is 2.48. The van der Waals surface area contributed by atoms with E-state index in [4.69, 9.17) is 5.73 Å². The van der Waals surface area contributed by atoms with Crippen molar-refractivity contribution in [3.63, 3.8) is 0 Å². The lowest BCUT2D eigenvalue weighted by Crippen LogP contribution is -2.60. The van der Waals surface area contributed by atoms with E-state index in [1.807, 2.05) is 11.9 Å². The number of nitrogens with two attached hydrogens (primary N) is 1. The number of carboxylic acids is 1. The maximum absolute atomic E-state index is 13.3. The molecule has 5 rings (SSSR count). The van der Waals surface area contributed by atoms with Crippen LogP contribution >= 0.6 is 23.5 Å². The minimum absolute atomic E-state index is 0.0257. The number of hydrogen-bond acceptors (Lipinski definition) is 14. The number of nitrogens with one attached hydrogen (secondary N) is 3. The molecule has 0 radical (unpaired) electrons. The third-order valence-electron chi connectivity index (χ3n) is 7.90. The van der Waals surface area contributed by atoms with E-state index in [1.165, 1.54) is 0 Å². The SMILES string of the molecule is CNCCC(O)C1CC(N2CCC(=CC3=C(C(=O)O)N4SC(NC(=O)C(N=O)c5nsc(N)n5)C4CC3)C2=O)CN1. The van der Waals surface area contributed by atoms with E-state index < -0.39 is 29.4 Å². The van der Waals surface area contributed by atoms with Crippen molar-refractivity contribution in [1.82, 2.24) is 34.5 Å². The van der Waals surface area contributed by atoms with Crippen LogP contribution in [0.4, 0.5) is 5.13 Å². The van der Waals surface area contributed by atoms with E-state index in [2.05, 4.69) is 30.5 Å². The molecule has 0 aliphatic carbocycles. The minimum Gasteiger partial charge on any atom is -0.477 e. The lowest BCUT2D eigenvalue weighted by molar-refractivity contribution is -0.134. The molecular weight excluding hydrogens is 574 g/mol. The largest absolute Gasteiger partial charge is 0.477 e. The van der Waals surface area contributed by atoms with E-state index >= 15 is 0 Å². The summed E-state index contributed by atoms with van der Waals surface area (Å²) in [6.07, 6.45) is 3.98. The average molecular weight is 608 g/mol. The van der Waals surface area contributed by atoms with Crippen LogP contribution in [0, 0.1) is 4.91 Å². The Labute approximate surface area is 244 Å². The Balaban J connectivity index is 1.23. The highest BCUT2D eigenvalue weighted by Crippen LogP contribution is 2.47. The van der Waals surface area contributed by atoms with Crippen molar-refractivity contribution in [2.45, 2.75) is 67.7 Å². The fourth-order valence-electron chi connectivity index (χ4n) is 5.76. The van der Waals surface area contributed by atoms with Gasteiger partial charge in [-0.15, -0.1) is 4.91 Å². The number of likely N-dealkylation sites (tertiary alicyclic amines) is 1. The smallest absolute Gasteiger partial charge is 0.353 e. The van der Waals surface area contributed by atoms with Crippen LogP contribution in [0.2, 0.25) is 0 Å². The molecule has 0 spiro atoms. The number of nitroso groups, excluding NO2 is 1. The number of allylic oxidation sites excluding steroid dienone is 2. The second kappa shape index (κ2) is 12.4. The van der Waals surface area contributed by atoms with Crippen molar-refractivity contribution < 1.29 is 24.6 Å². The molecule has 0 aromatic carbocycles. The molecule has 2 amide bonds. The summed E-state index contributed by atoms with van der Waals surface area (Å²) in [6.45, 7) is 1.86. The molecule has 0 saturated carbocycles. The predicted octanol–water partition coefficient (Wildman–Crippen LogP) is -0.305. The average Bonchev–Trinajstić information content (AvgIpc) is 3.67. The van der Waals surface area contributed by atoms with Crippen molar-refractivity contribution in [3.8, 4) is 0 Å². The summed E-state index contributed by atoms with van der Waals surface area (Å²) in [7, 11) is 1.84. The Morgan fingerprint density at radius 1 is 1.37 bits per heavy atom. The summed E-state index contributed by atoms with van der Waals surface area (Å²) in [5.41, 5.74) is 6.77. The van der Waals surface area contributed by atoms with Gasteiger partial charge in [0.25, 0.3) is 5.91 Å². The number of nitrogens with zero attached hydrogens (tertiary/aromatic N) is 5. The maximum Gasteiger partial charge on any atom is 0.353 e. The Morgan fingerprint density at radius 3 is 2.85 bits per heavy atom. The Hall–Kier alpha value is -3.12. The van der Waals surface area contributed by atoms with Crippen molar-refractivity contribution in [2.75, 3.05) is 32.4 Å². The number of rotatable bonds is 11.